The van der Waals surface area contributed by atoms with E-state index in [2.05, 4.69) is 16.2 Å². The van der Waals surface area contributed by atoms with Crippen LogP contribution in [0.25, 0.3) is 0 Å². The van der Waals surface area contributed by atoms with Gasteiger partial charge in [-0.25, -0.2) is 19.6 Å². The van der Waals surface area contributed by atoms with Crippen LogP contribution < -0.4 is 16.2 Å². The molecule has 24 heavy (non-hydrogen) atoms. The molecule has 0 aromatic heterocycles. The number of likely N-dealkylation sites (tertiary alicyclic amines) is 1. The van der Waals surface area contributed by atoms with Crippen LogP contribution in [-0.2, 0) is 9.53 Å². The van der Waals surface area contributed by atoms with Gasteiger partial charge in [-0.15, -0.1) is 0 Å². The zero-order valence-electron chi connectivity index (χ0n) is 15.2. The van der Waals surface area contributed by atoms with Gasteiger partial charge in [-0.05, 0) is 13.3 Å². The fraction of sp³-hybridized carbons (Fsp3) is 0.938. The maximum Gasteiger partial charge on any atom is 0.290 e. The number of rotatable bonds is 2. The Morgan fingerprint density at radius 2 is 1.75 bits per heavy atom. The summed E-state index contributed by atoms with van der Waals surface area (Å²) < 4.78 is 32.1. The van der Waals surface area contributed by atoms with Gasteiger partial charge in [0.2, 0.25) is 0 Å². The highest BCUT2D eigenvalue weighted by Gasteiger charge is 2.47. The number of nitrogens with zero attached hydrogens (tertiary/aromatic N) is 1. The van der Waals surface area contributed by atoms with Crippen LogP contribution in [0.3, 0.4) is 0 Å². The molecule has 0 radical (unpaired) electrons. The van der Waals surface area contributed by atoms with E-state index in [0.29, 0.717) is 0 Å². The second-order valence-corrected chi connectivity index (χ2v) is 6.06. The third kappa shape index (κ3) is 5.91. The van der Waals surface area contributed by atoms with Crippen molar-refractivity contribution in [1.82, 2.24) is 21.1 Å². The van der Waals surface area contributed by atoms with Crippen molar-refractivity contribution in [3.63, 3.8) is 0 Å². The van der Waals surface area contributed by atoms with E-state index in [9.17, 15) is 13.6 Å². The van der Waals surface area contributed by atoms with Crippen LogP contribution in [0.5, 0.6) is 0 Å². The number of ether oxygens (including phenoxy) is 1. The summed E-state index contributed by atoms with van der Waals surface area (Å²) in [6.45, 7) is 5.51. The summed E-state index contributed by atoms with van der Waals surface area (Å²) in [6.07, 6.45) is 4.30. The third-order valence-corrected chi connectivity index (χ3v) is 4.24. The summed E-state index contributed by atoms with van der Waals surface area (Å²) in [5.41, 5.74) is 5.54. The van der Waals surface area contributed by atoms with Crippen LogP contribution >= 0.6 is 0 Å². The molecule has 0 aromatic carbocycles. The first kappa shape index (κ1) is 21.2. The lowest BCUT2D eigenvalue weighted by Gasteiger charge is -2.38. The van der Waals surface area contributed by atoms with Gasteiger partial charge < -0.3 is 9.64 Å². The second-order valence-electron chi connectivity index (χ2n) is 6.06. The SMILES string of the molecule is C1CCC1.CC.COC1CCN(C(=O)C2NNC(C)N2)CC1(F)F. The minimum Gasteiger partial charge on any atom is -0.375 e. The lowest BCUT2D eigenvalue weighted by Crippen LogP contribution is -2.58. The molecule has 2 heterocycles. The summed E-state index contributed by atoms with van der Waals surface area (Å²) in [6, 6.07) is 0. The molecule has 1 saturated carbocycles. The van der Waals surface area contributed by atoms with E-state index < -0.39 is 24.7 Å². The lowest BCUT2D eigenvalue weighted by atomic mass is 10.0. The molecule has 8 heteroatoms. The Balaban J connectivity index is 0.000000409. The van der Waals surface area contributed by atoms with E-state index >= 15 is 0 Å². The molecule has 2 saturated heterocycles. The van der Waals surface area contributed by atoms with Crippen LogP contribution in [-0.4, -0.2) is 55.4 Å². The molecule has 3 aliphatic rings. The van der Waals surface area contributed by atoms with E-state index in [0.717, 1.165) is 0 Å². The maximum atomic E-state index is 13.7. The van der Waals surface area contributed by atoms with E-state index in [1.165, 1.54) is 37.7 Å². The molecule has 3 atom stereocenters. The normalized spacial score (nSPS) is 31.1. The Labute approximate surface area is 143 Å². The van der Waals surface area contributed by atoms with Gasteiger partial charge in [0.05, 0.1) is 12.7 Å². The second kappa shape index (κ2) is 10.2. The fourth-order valence-corrected chi connectivity index (χ4v) is 2.51. The summed E-state index contributed by atoms with van der Waals surface area (Å²) in [4.78, 5) is 13.2. The predicted octanol–water partition coefficient (Wildman–Crippen LogP) is 1.83. The Hall–Kier alpha value is -0.830. The topological polar surface area (TPSA) is 65.6 Å². The monoisotopic (exact) mass is 350 g/mol. The summed E-state index contributed by atoms with van der Waals surface area (Å²) >= 11 is 0. The number of nitrogens with one attached hydrogen (secondary N) is 3. The standard InChI is InChI=1S/C10H18F2N4O2.C4H8.C2H6/c1-6-13-8(15-14-6)9(17)16-4-3-7(18-2)10(11,12)5-16;1-2-4-3-1;1-2/h6-8,13-15H,3-5H2,1-2H3;1-4H2;1-2H3. The Morgan fingerprint density at radius 1 is 1.17 bits per heavy atom. The Morgan fingerprint density at radius 3 is 2.12 bits per heavy atom. The molecule has 3 rings (SSSR count). The highest BCUT2D eigenvalue weighted by Crippen LogP contribution is 2.29. The van der Waals surface area contributed by atoms with Gasteiger partial charge in [-0.2, -0.15) is 0 Å². The van der Waals surface area contributed by atoms with Crippen LogP contribution in [0.15, 0.2) is 0 Å². The first-order valence-electron chi connectivity index (χ1n) is 8.90. The number of halogens is 2. The molecule has 3 N–H and O–H groups in total. The molecule has 0 aromatic rings. The van der Waals surface area contributed by atoms with Crippen LogP contribution in [0.1, 0.15) is 52.9 Å². The minimum atomic E-state index is -3.00. The average Bonchev–Trinajstić information content (AvgIpc) is 2.92. The fourth-order valence-electron chi connectivity index (χ4n) is 2.51. The van der Waals surface area contributed by atoms with E-state index in [1.807, 2.05) is 20.8 Å². The minimum absolute atomic E-state index is 0.0732. The zero-order chi connectivity index (χ0) is 18.2. The molecule has 1 amide bonds. The van der Waals surface area contributed by atoms with Gasteiger partial charge in [-0.1, -0.05) is 39.5 Å². The maximum absolute atomic E-state index is 13.7. The highest BCUT2D eigenvalue weighted by atomic mass is 19.3. The molecule has 3 fully saturated rings. The first-order chi connectivity index (χ1) is 11.4. The number of carbonyl (C=O) groups is 1. The van der Waals surface area contributed by atoms with Gasteiger partial charge in [-0.3, -0.25) is 10.1 Å². The van der Waals surface area contributed by atoms with Crippen molar-refractivity contribution in [3.8, 4) is 0 Å². The number of methoxy groups -OCH3 is 1. The Bertz CT molecular complexity index is 377. The van der Waals surface area contributed by atoms with Crippen LogP contribution in [0.4, 0.5) is 8.78 Å². The van der Waals surface area contributed by atoms with Crippen molar-refractivity contribution < 1.29 is 18.3 Å². The molecule has 3 unspecified atom stereocenters. The average molecular weight is 350 g/mol. The predicted molar refractivity (Wildman–Crippen MR) is 89.4 cm³/mol. The number of amides is 1. The van der Waals surface area contributed by atoms with Crippen molar-refractivity contribution in [3.05, 3.63) is 0 Å². The van der Waals surface area contributed by atoms with Crippen molar-refractivity contribution in [1.29, 1.82) is 0 Å². The first-order valence-corrected chi connectivity index (χ1v) is 8.90. The van der Waals surface area contributed by atoms with Gasteiger partial charge in [0, 0.05) is 13.7 Å². The molecular formula is C16H32F2N4O2. The highest BCUT2D eigenvalue weighted by molar-refractivity contribution is 5.82. The van der Waals surface area contributed by atoms with Gasteiger partial charge >= 0.3 is 0 Å². The number of hydrazine groups is 1. The van der Waals surface area contributed by atoms with E-state index in [-0.39, 0.29) is 25.0 Å². The Kier molecular flexibility index (Phi) is 9.04. The van der Waals surface area contributed by atoms with Gasteiger partial charge in [0.15, 0.2) is 6.17 Å². The smallest absolute Gasteiger partial charge is 0.290 e. The van der Waals surface area contributed by atoms with Crippen molar-refractivity contribution in [2.45, 2.75) is 77.2 Å². The van der Waals surface area contributed by atoms with Crippen molar-refractivity contribution >= 4 is 5.91 Å². The summed E-state index contributed by atoms with van der Waals surface area (Å²) in [5.74, 6) is -3.37. The van der Waals surface area contributed by atoms with E-state index in [1.54, 1.807) is 0 Å². The summed E-state index contributed by atoms with van der Waals surface area (Å²) in [7, 11) is 1.27. The number of alkyl halides is 2. The molecule has 0 spiro atoms. The van der Waals surface area contributed by atoms with Gasteiger partial charge in [0.25, 0.3) is 11.8 Å². The molecule has 6 nitrogen and oxygen atoms in total. The van der Waals surface area contributed by atoms with Crippen molar-refractivity contribution in [2.24, 2.45) is 0 Å². The largest absolute Gasteiger partial charge is 0.375 e. The molecule has 142 valence electrons. The molecular weight excluding hydrogens is 318 g/mol. The molecule has 1 aliphatic carbocycles. The van der Waals surface area contributed by atoms with Gasteiger partial charge in [0.1, 0.15) is 6.10 Å². The third-order valence-electron chi connectivity index (χ3n) is 4.24. The zero-order valence-corrected chi connectivity index (χ0v) is 15.2. The lowest BCUT2D eigenvalue weighted by molar-refractivity contribution is -0.173. The van der Waals surface area contributed by atoms with Crippen molar-refractivity contribution in [2.75, 3.05) is 20.2 Å². The quantitative estimate of drug-likeness (QED) is 0.709. The number of piperidine rings is 1. The number of carbonyl (C=O) groups excluding carboxylic acids is 1. The summed E-state index contributed by atoms with van der Waals surface area (Å²) in [5, 5.41) is 2.91. The van der Waals surface area contributed by atoms with Crippen LogP contribution in [0, 0.1) is 0 Å². The molecule has 0 bridgehead atoms. The van der Waals surface area contributed by atoms with E-state index in [4.69, 9.17) is 4.74 Å². The number of hydrogen-bond acceptors (Lipinski definition) is 5. The molecule has 2 aliphatic heterocycles. The number of hydrogen-bond donors (Lipinski definition) is 3. The van der Waals surface area contributed by atoms with Crippen LogP contribution in [0.2, 0.25) is 0 Å².